The normalized spacial score (nSPS) is 19.7. The number of morpholine rings is 1. The summed E-state index contributed by atoms with van der Waals surface area (Å²) in [7, 11) is -3.47. The topological polar surface area (TPSA) is 75.9 Å². The minimum Gasteiger partial charge on any atom is -0.440 e. The summed E-state index contributed by atoms with van der Waals surface area (Å²) in [6.45, 7) is 4.34. The van der Waals surface area contributed by atoms with Gasteiger partial charge in [0.05, 0.1) is 18.1 Å². The highest BCUT2D eigenvalue weighted by Gasteiger charge is 2.27. The van der Waals surface area contributed by atoms with E-state index < -0.39 is 10.0 Å². The Morgan fingerprint density at radius 3 is 2.52 bits per heavy atom. The number of oxazole rings is 1. The number of hydrogen-bond acceptors (Lipinski definition) is 6. The Hall–Kier alpha value is -2.26. The van der Waals surface area contributed by atoms with Crippen molar-refractivity contribution < 1.29 is 17.6 Å². The predicted octanol–water partition coefficient (Wildman–Crippen LogP) is 3.23. The van der Waals surface area contributed by atoms with E-state index >= 15 is 0 Å². The maximum absolute atomic E-state index is 12.9. The molecule has 3 aromatic rings. The smallest absolute Gasteiger partial charge is 0.243 e. The van der Waals surface area contributed by atoms with Gasteiger partial charge in [0.25, 0.3) is 0 Å². The summed E-state index contributed by atoms with van der Waals surface area (Å²) in [6.07, 6.45) is 1.97. The summed E-state index contributed by atoms with van der Waals surface area (Å²) >= 11 is 0. The molecular formula is C23H27N3O4S. The molecule has 2 aromatic carbocycles. The van der Waals surface area contributed by atoms with Gasteiger partial charge in [-0.15, -0.1) is 0 Å². The third-order valence-corrected chi connectivity index (χ3v) is 8.05. The molecule has 3 heterocycles. The van der Waals surface area contributed by atoms with Crippen molar-refractivity contribution >= 4 is 21.1 Å². The zero-order chi connectivity index (χ0) is 21.3. The fraction of sp³-hybridized carbons (Fsp3) is 0.435. The van der Waals surface area contributed by atoms with Crippen molar-refractivity contribution in [1.29, 1.82) is 0 Å². The molecule has 0 radical (unpaired) electrons. The monoisotopic (exact) mass is 441 g/mol. The van der Waals surface area contributed by atoms with Crippen LogP contribution in [0.15, 0.2) is 57.8 Å². The Kier molecular flexibility index (Phi) is 5.79. The van der Waals surface area contributed by atoms with Gasteiger partial charge in [0.1, 0.15) is 5.52 Å². The van der Waals surface area contributed by atoms with E-state index in [1.54, 1.807) is 6.07 Å². The number of hydrogen-bond donors (Lipinski definition) is 0. The SMILES string of the molecule is O=S(=O)(c1cccc(CN2CCC(c3nc4ccccc4o3)CC2)c1)N1CCOCC1. The number of sulfonamides is 1. The summed E-state index contributed by atoms with van der Waals surface area (Å²) in [5.41, 5.74) is 2.78. The van der Waals surface area contributed by atoms with E-state index in [1.807, 2.05) is 42.5 Å². The molecule has 2 saturated heterocycles. The fourth-order valence-electron chi connectivity index (χ4n) is 4.40. The second kappa shape index (κ2) is 8.70. The molecule has 2 aliphatic heterocycles. The van der Waals surface area contributed by atoms with Crippen molar-refractivity contribution in [3.63, 3.8) is 0 Å². The van der Waals surface area contributed by atoms with Crippen molar-refractivity contribution in [2.24, 2.45) is 0 Å². The molecule has 1 aromatic heterocycles. The Morgan fingerprint density at radius 2 is 1.74 bits per heavy atom. The lowest BCUT2D eigenvalue weighted by atomic mass is 9.96. The molecule has 164 valence electrons. The lowest BCUT2D eigenvalue weighted by Gasteiger charge is -2.30. The van der Waals surface area contributed by atoms with E-state index in [-0.39, 0.29) is 0 Å². The summed E-state index contributed by atoms with van der Waals surface area (Å²) < 4.78 is 38.7. The van der Waals surface area contributed by atoms with Gasteiger partial charge in [-0.1, -0.05) is 24.3 Å². The second-order valence-corrected chi connectivity index (χ2v) is 10.2. The van der Waals surface area contributed by atoms with Crippen LogP contribution in [0.2, 0.25) is 0 Å². The molecule has 0 unspecified atom stereocenters. The van der Waals surface area contributed by atoms with E-state index in [1.165, 1.54) is 4.31 Å². The molecule has 0 N–H and O–H groups in total. The summed E-state index contributed by atoms with van der Waals surface area (Å²) in [5, 5.41) is 0. The minimum absolute atomic E-state index is 0.330. The van der Waals surface area contributed by atoms with Crippen LogP contribution in [0.4, 0.5) is 0 Å². The van der Waals surface area contributed by atoms with Crippen molar-refractivity contribution in [1.82, 2.24) is 14.2 Å². The van der Waals surface area contributed by atoms with Crippen molar-refractivity contribution in [3.8, 4) is 0 Å². The maximum atomic E-state index is 12.9. The number of piperidine rings is 1. The van der Waals surface area contributed by atoms with Crippen LogP contribution in [0.3, 0.4) is 0 Å². The number of nitrogens with zero attached hydrogens (tertiary/aromatic N) is 3. The molecule has 31 heavy (non-hydrogen) atoms. The molecule has 0 aliphatic carbocycles. The van der Waals surface area contributed by atoms with Gasteiger partial charge in [-0.3, -0.25) is 4.90 Å². The molecule has 8 heteroatoms. The third-order valence-electron chi connectivity index (χ3n) is 6.16. The Balaban J connectivity index is 1.23. The molecule has 0 bridgehead atoms. The lowest BCUT2D eigenvalue weighted by Crippen LogP contribution is -2.40. The highest BCUT2D eigenvalue weighted by molar-refractivity contribution is 7.89. The van der Waals surface area contributed by atoms with E-state index in [9.17, 15) is 8.42 Å². The van der Waals surface area contributed by atoms with Crippen LogP contribution in [0.1, 0.15) is 30.2 Å². The molecule has 0 amide bonds. The zero-order valence-corrected chi connectivity index (χ0v) is 18.3. The Bertz CT molecular complexity index is 1110. The molecule has 0 atom stereocenters. The summed E-state index contributed by atoms with van der Waals surface area (Å²) in [6, 6.07) is 15.2. The van der Waals surface area contributed by atoms with Gasteiger partial charge in [-0.2, -0.15) is 4.31 Å². The molecule has 5 rings (SSSR count). The van der Waals surface area contributed by atoms with Crippen LogP contribution in [0.25, 0.3) is 11.1 Å². The summed E-state index contributed by atoms with van der Waals surface area (Å²) in [5.74, 6) is 1.16. The zero-order valence-electron chi connectivity index (χ0n) is 17.4. The van der Waals surface area contributed by atoms with Gasteiger partial charge in [0.2, 0.25) is 10.0 Å². The Labute approximate surface area is 182 Å². The highest BCUT2D eigenvalue weighted by Crippen LogP contribution is 2.30. The van der Waals surface area contributed by atoms with Gasteiger partial charge in [0.15, 0.2) is 11.5 Å². The van der Waals surface area contributed by atoms with Crippen molar-refractivity contribution in [3.05, 3.63) is 60.0 Å². The lowest BCUT2D eigenvalue weighted by molar-refractivity contribution is 0.0730. The standard InChI is InChI=1S/C23H27N3O4S/c27-31(28,26-12-14-29-15-13-26)20-5-3-4-18(16-20)17-25-10-8-19(9-11-25)23-24-21-6-1-2-7-22(21)30-23/h1-7,16,19H,8-15,17H2. The van der Waals surface area contributed by atoms with Crippen molar-refractivity contribution in [2.45, 2.75) is 30.2 Å². The van der Waals surface area contributed by atoms with Crippen LogP contribution >= 0.6 is 0 Å². The second-order valence-electron chi connectivity index (χ2n) is 8.23. The number of aromatic nitrogens is 1. The Morgan fingerprint density at radius 1 is 0.968 bits per heavy atom. The van der Waals surface area contributed by atoms with Crippen LogP contribution in [0, 0.1) is 0 Å². The molecule has 2 aliphatic rings. The average molecular weight is 442 g/mol. The first-order valence-electron chi connectivity index (χ1n) is 10.8. The maximum Gasteiger partial charge on any atom is 0.243 e. The van der Waals surface area contributed by atoms with Crippen LogP contribution < -0.4 is 0 Å². The third kappa shape index (κ3) is 4.39. The first-order valence-corrected chi connectivity index (χ1v) is 12.3. The summed E-state index contributed by atoms with van der Waals surface area (Å²) in [4.78, 5) is 7.41. The number of likely N-dealkylation sites (tertiary alicyclic amines) is 1. The largest absolute Gasteiger partial charge is 0.440 e. The van der Waals surface area contributed by atoms with Gasteiger partial charge in [-0.05, 0) is 55.8 Å². The van der Waals surface area contributed by atoms with E-state index in [0.717, 1.165) is 55.0 Å². The van der Waals surface area contributed by atoms with Crippen LogP contribution in [-0.2, 0) is 21.3 Å². The molecular weight excluding hydrogens is 414 g/mol. The minimum atomic E-state index is -3.47. The van der Waals surface area contributed by atoms with Crippen LogP contribution in [-0.4, -0.2) is 62.0 Å². The number of ether oxygens (including phenoxy) is 1. The number of rotatable bonds is 5. The first-order chi connectivity index (χ1) is 15.1. The van der Waals surface area contributed by atoms with Gasteiger partial charge < -0.3 is 9.15 Å². The quantitative estimate of drug-likeness (QED) is 0.605. The predicted molar refractivity (Wildman–Crippen MR) is 117 cm³/mol. The number of para-hydroxylation sites is 2. The van der Waals surface area contributed by atoms with E-state index in [2.05, 4.69) is 9.88 Å². The molecule has 7 nitrogen and oxygen atoms in total. The van der Waals surface area contributed by atoms with Gasteiger partial charge >= 0.3 is 0 Å². The number of fused-ring (bicyclic) bond motifs is 1. The van der Waals surface area contributed by atoms with E-state index in [4.69, 9.17) is 9.15 Å². The molecule has 0 spiro atoms. The van der Waals surface area contributed by atoms with Gasteiger partial charge in [0, 0.05) is 25.6 Å². The molecule has 0 saturated carbocycles. The highest BCUT2D eigenvalue weighted by atomic mass is 32.2. The van der Waals surface area contributed by atoms with Crippen LogP contribution in [0.5, 0.6) is 0 Å². The average Bonchev–Trinajstić information content (AvgIpc) is 3.25. The van der Waals surface area contributed by atoms with Gasteiger partial charge in [-0.25, -0.2) is 13.4 Å². The molecule has 2 fully saturated rings. The first kappa shape index (κ1) is 20.6. The number of benzene rings is 2. The fourth-order valence-corrected chi connectivity index (χ4v) is 5.88. The van der Waals surface area contributed by atoms with Crippen molar-refractivity contribution in [2.75, 3.05) is 39.4 Å². The van der Waals surface area contributed by atoms with E-state index in [0.29, 0.717) is 37.1 Å².